The Balaban J connectivity index is 2.24. The number of benzene rings is 1. The first kappa shape index (κ1) is 10.9. The Bertz CT molecular complexity index is 509. The highest BCUT2D eigenvalue weighted by molar-refractivity contribution is 9.10. The molecule has 82 valence electrons. The fourth-order valence-electron chi connectivity index (χ4n) is 1.29. The molecular formula is C11H9BrN2O2. The van der Waals surface area contributed by atoms with Gasteiger partial charge < -0.3 is 9.84 Å². The summed E-state index contributed by atoms with van der Waals surface area (Å²) >= 11 is 3.38. The van der Waals surface area contributed by atoms with Crippen molar-refractivity contribution >= 4 is 27.5 Å². The molecule has 2 aromatic rings. The number of aryl methyl sites for hydroxylation is 1. The third-order valence-corrected chi connectivity index (χ3v) is 3.18. The van der Waals surface area contributed by atoms with E-state index in [0.29, 0.717) is 11.3 Å². The number of nitrogens with one attached hydrogen (secondary N) is 1. The summed E-state index contributed by atoms with van der Waals surface area (Å²) in [6, 6.07) is 5.52. The molecule has 4 nitrogen and oxygen atoms in total. The number of aromatic nitrogens is 1. The lowest BCUT2D eigenvalue weighted by molar-refractivity contribution is 0.102. The van der Waals surface area contributed by atoms with Gasteiger partial charge in [-0.3, -0.25) is 4.79 Å². The highest BCUT2D eigenvalue weighted by Crippen LogP contribution is 2.21. The van der Waals surface area contributed by atoms with Gasteiger partial charge in [0, 0.05) is 4.47 Å². The van der Waals surface area contributed by atoms with Crippen LogP contribution in [0.25, 0.3) is 0 Å². The quantitative estimate of drug-likeness (QED) is 0.920. The normalized spacial score (nSPS) is 10.1. The Labute approximate surface area is 101 Å². The fourth-order valence-corrected chi connectivity index (χ4v) is 1.73. The second-order valence-electron chi connectivity index (χ2n) is 3.30. The van der Waals surface area contributed by atoms with Crippen molar-refractivity contribution in [3.8, 4) is 0 Å². The third-order valence-electron chi connectivity index (χ3n) is 2.13. The van der Waals surface area contributed by atoms with Crippen LogP contribution in [0.3, 0.4) is 0 Å². The van der Waals surface area contributed by atoms with Crippen LogP contribution in [0.2, 0.25) is 0 Å². The second-order valence-corrected chi connectivity index (χ2v) is 4.10. The van der Waals surface area contributed by atoms with Crippen molar-refractivity contribution in [1.82, 2.24) is 5.16 Å². The Hall–Kier alpha value is -1.62. The average molecular weight is 281 g/mol. The molecule has 0 fully saturated rings. The van der Waals surface area contributed by atoms with Crippen LogP contribution in [0.5, 0.6) is 0 Å². The molecule has 1 N–H and O–H groups in total. The molecule has 0 radical (unpaired) electrons. The first-order valence-electron chi connectivity index (χ1n) is 4.64. The van der Waals surface area contributed by atoms with Crippen molar-refractivity contribution in [2.75, 3.05) is 5.32 Å². The molecule has 0 aliphatic rings. The standard InChI is InChI=1S/C11H9BrN2O2/c1-7-3-2-4-9(10(7)12)11(15)14-8-5-13-16-6-8/h2-6H,1H3,(H,14,15). The lowest BCUT2D eigenvalue weighted by atomic mass is 10.1. The summed E-state index contributed by atoms with van der Waals surface area (Å²) in [6.45, 7) is 1.93. The van der Waals surface area contributed by atoms with E-state index in [9.17, 15) is 4.79 Å². The number of anilines is 1. The molecule has 5 heteroatoms. The molecule has 1 amide bonds. The monoisotopic (exact) mass is 280 g/mol. The number of rotatable bonds is 2. The van der Waals surface area contributed by atoms with Crippen molar-refractivity contribution < 1.29 is 9.32 Å². The zero-order valence-electron chi connectivity index (χ0n) is 8.53. The summed E-state index contributed by atoms with van der Waals surface area (Å²) in [5.41, 5.74) is 2.14. The van der Waals surface area contributed by atoms with Gasteiger partial charge in [0.2, 0.25) is 0 Å². The number of amides is 1. The second kappa shape index (κ2) is 4.49. The fraction of sp³-hybridized carbons (Fsp3) is 0.0909. The number of carbonyl (C=O) groups excluding carboxylic acids is 1. The van der Waals surface area contributed by atoms with Gasteiger partial charge >= 0.3 is 0 Å². The van der Waals surface area contributed by atoms with Gasteiger partial charge in [-0.05, 0) is 34.5 Å². The number of carbonyl (C=O) groups is 1. The van der Waals surface area contributed by atoms with E-state index in [1.165, 1.54) is 12.5 Å². The Morgan fingerprint density at radius 2 is 2.31 bits per heavy atom. The lowest BCUT2D eigenvalue weighted by Crippen LogP contribution is -2.12. The van der Waals surface area contributed by atoms with Crippen LogP contribution in [0.1, 0.15) is 15.9 Å². The predicted octanol–water partition coefficient (Wildman–Crippen LogP) is 3.00. The molecule has 0 saturated carbocycles. The van der Waals surface area contributed by atoms with Crippen LogP contribution in [0.4, 0.5) is 5.69 Å². The average Bonchev–Trinajstić information content (AvgIpc) is 2.74. The first-order chi connectivity index (χ1) is 7.68. The molecular weight excluding hydrogens is 272 g/mol. The highest BCUT2D eigenvalue weighted by Gasteiger charge is 2.11. The Morgan fingerprint density at radius 1 is 1.50 bits per heavy atom. The largest absolute Gasteiger partial charge is 0.363 e. The molecule has 0 spiro atoms. The van der Waals surface area contributed by atoms with Gasteiger partial charge in [-0.1, -0.05) is 17.3 Å². The topological polar surface area (TPSA) is 55.1 Å². The Kier molecular flexibility index (Phi) is 3.05. The van der Waals surface area contributed by atoms with Crippen LogP contribution >= 0.6 is 15.9 Å². The van der Waals surface area contributed by atoms with E-state index in [1.54, 1.807) is 6.07 Å². The SMILES string of the molecule is Cc1cccc(C(=O)Nc2cnoc2)c1Br. The summed E-state index contributed by atoms with van der Waals surface area (Å²) in [4.78, 5) is 11.9. The van der Waals surface area contributed by atoms with Crippen LogP contribution < -0.4 is 5.32 Å². The zero-order valence-corrected chi connectivity index (χ0v) is 10.1. The van der Waals surface area contributed by atoms with E-state index in [2.05, 4.69) is 30.9 Å². The molecule has 2 rings (SSSR count). The van der Waals surface area contributed by atoms with Gasteiger partial charge in [-0.2, -0.15) is 0 Å². The van der Waals surface area contributed by atoms with Crippen LogP contribution in [0.15, 0.2) is 39.7 Å². The third kappa shape index (κ3) is 2.14. The van der Waals surface area contributed by atoms with Gasteiger partial charge in [-0.15, -0.1) is 0 Å². The summed E-state index contributed by atoms with van der Waals surface area (Å²) in [7, 11) is 0. The number of nitrogens with zero attached hydrogens (tertiary/aromatic N) is 1. The Morgan fingerprint density at radius 3 is 3.00 bits per heavy atom. The van der Waals surface area contributed by atoms with Crippen molar-refractivity contribution in [3.05, 3.63) is 46.3 Å². The maximum atomic E-state index is 11.9. The van der Waals surface area contributed by atoms with Gasteiger partial charge in [0.25, 0.3) is 5.91 Å². The molecule has 0 unspecified atom stereocenters. The van der Waals surface area contributed by atoms with Crippen LogP contribution in [-0.2, 0) is 0 Å². The van der Waals surface area contributed by atoms with Gasteiger partial charge in [0.1, 0.15) is 12.0 Å². The molecule has 0 bridgehead atoms. The molecule has 1 heterocycles. The minimum Gasteiger partial charge on any atom is -0.363 e. The van der Waals surface area contributed by atoms with Crippen LogP contribution in [-0.4, -0.2) is 11.1 Å². The van der Waals surface area contributed by atoms with Crippen molar-refractivity contribution in [2.24, 2.45) is 0 Å². The summed E-state index contributed by atoms with van der Waals surface area (Å²) in [5, 5.41) is 6.19. The van der Waals surface area contributed by atoms with Gasteiger partial charge in [0.05, 0.1) is 11.8 Å². The van der Waals surface area contributed by atoms with E-state index in [4.69, 9.17) is 0 Å². The van der Waals surface area contributed by atoms with Crippen molar-refractivity contribution in [2.45, 2.75) is 6.92 Å². The molecule has 1 aromatic carbocycles. The van der Waals surface area contributed by atoms with E-state index < -0.39 is 0 Å². The molecule has 0 atom stereocenters. The molecule has 16 heavy (non-hydrogen) atoms. The predicted molar refractivity (Wildman–Crippen MR) is 63.3 cm³/mol. The minimum absolute atomic E-state index is 0.196. The van der Waals surface area contributed by atoms with E-state index in [-0.39, 0.29) is 5.91 Å². The first-order valence-corrected chi connectivity index (χ1v) is 5.43. The number of hydrogen-bond acceptors (Lipinski definition) is 3. The molecule has 0 aliphatic carbocycles. The minimum atomic E-state index is -0.196. The lowest BCUT2D eigenvalue weighted by Gasteiger charge is -2.06. The van der Waals surface area contributed by atoms with Crippen molar-refractivity contribution in [3.63, 3.8) is 0 Å². The van der Waals surface area contributed by atoms with Crippen LogP contribution in [0, 0.1) is 6.92 Å². The maximum Gasteiger partial charge on any atom is 0.256 e. The van der Waals surface area contributed by atoms with Gasteiger partial charge in [-0.25, -0.2) is 0 Å². The summed E-state index contributed by atoms with van der Waals surface area (Å²) < 4.78 is 5.42. The van der Waals surface area contributed by atoms with E-state index in [0.717, 1.165) is 10.0 Å². The molecule has 1 aromatic heterocycles. The van der Waals surface area contributed by atoms with E-state index >= 15 is 0 Å². The van der Waals surface area contributed by atoms with Gasteiger partial charge in [0.15, 0.2) is 0 Å². The number of halogens is 1. The smallest absolute Gasteiger partial charge is 0.256 e. The summed E-state index contributed by atoms with van der Waals surface area (Å²) in [6.07, 6.45) is 2.82. The molecule has 0 saturated heterocycles. The maximum absolute atomic E-state index is 11.9. The zero-order chi connectivity index (χ0) is 11.5. The van der Waals surface area contributed by atoms with E-state index in [1.807, 2.05) is 19.1 Å². The number of hydrogen-bond donors (Lipinski definition) is 1. The summed E-state index contributed by atoms with van der Waals surface area (Å²) in [5.74, 6) is -0.196. The molecule has 0 aliphatic heterocycles. The van der Waals surface area contributed by atoms with Crippen molar-refractivity contribution in [1.29, 1.82) is 0 Å². The highest BCUT2D eigenvalue weighted by atomic mass is 79.9.